The number of carbonyl (C=O) groups is 1. The lowest BCUT2D eigenvalue weighted by atomic mass is 9.90. The molecule has 4 heteroatoms. The second kappa shape index (κ2) is 5.47. The summed E-state index contributed by atoms with van der Waals surface area (Å²) in [6.07, 6.45) is 2.15. The monoisotopic (exact) mass is 215 g/mol. The maximum absolute atomic E-state index is 11.2. The van der Waals surface area contributed by atoms with Crippen LogP contribution in [0.15, 0.2) is 0 Å². The third-order valence-corrected chi connectivity index (χ3v) is 2.94. The summed E-state index contributed by atoms with van der Waals surface area (Å²) in [5.41, 5.74) is -0.743. The highest BCUT2D eigenvalue weighted by atomic mass is 16.5. The average molecular weight is 215 g/mol. The molecule has 1 rings (SSSR count). The standard InChI is InChI=1S/C11H21NO3/c1-9(2)3-6-12-11(10(13)14)4-7-15-8-5-11/h9,12H,3-8H2,1-2H3,(H,13,14). The maximum Gasteiger partial charge on any atom is 0.324 e. The van der Waals surface area contributed by atoms with E-state index < -0.39 is 11.5 Å². The first kappa shape index (κ1) is 12.5. The van der Waals surface area contributed by atoms with E-state index in [0.29, 0.717) is 32.0 Å². The van der Waals surface area contributed by atoms with E-state index >= 15 is 0 Å². The Morgan fingerprint density at radius 2 is 2.07 bits per heavy atom. The lowest BCUT2D eigenvalue weighted by molar-refractivity contribution is -0.149. The van der Waals surface area contributed by atoms with Crippen molar-refractivity contribution >= 4 is 5.97 Å². The van der Waals surface area contributed by atoms with Crippen molar-refractivity contribution in [2.24, 2.45) is 5.92 Å². The van der Waals surface area contributed by atoms with E-state index in [-0.39, 0.29) is 0 Å². The van der Waals surface area contributed by atoms with Gasteiger partial charge < -0.3 is 15.2 Å². The Balaban J connectivity index is 2.46. The van der Waals surface area contributed by atoms with E-state index in [4.69, 9.17) is 4.74 Å². The minimum atomic E-state index is -0.743. The molecule has 0 aliphatic carbocycles. The van der Waals surface area contributed by atoms with Gasteiger partial charge in [0.1, 0.15) is 5.54 Å². The summed E-state index contributed by atoms with van der Waals surface area (Å²) in [5, 5.41) is 12.4. The topological polar surface area (TPSA) is 58.6 Å². The summed E-state index contributed by atoms with van der Waals surface area (Å²) < 4.78 is 5.20. The number of hydrogen-bond acceptors (Lipinski definition) is 3. The molecule has 1 heterocycles. The van der Waals surface area contributed by atoms with E-state index in [2.05, 4.69) is 19.2 Å². The van der Waals surface area contributed by atoms with Crippen LogP contribution in [0.3, 0.4) is 0 Å². The van der Waals surface area contributed by atoms with Gasteiger partial charge in [-0.15, -0.1) is 0 Å². The summed E-state index contributed by atoms with van der Waals surface area (Å²) in [6, 6.07) is 0. The Kier molecular flexibility index (Phi) is 4.54. The first-order chi connectivity index (χ1) is 7.07. The Hall–Kier alpha value is -0.610. The van der Waals surface area contributed by atoms with Crippen LogP contribution in [0.2, 0.25) is 0 Å². The van der Waals surface area contributed by atoms with Crippen LogP contribution in [-0.2, 0) is 9.53 Å². The van der Waals surface area contributed by atoms with Gasteiger partial charge in [-0.1, -0.05) is 13.8 Å². The van der Waals surface area contributed by atoms with Gasteiger partial charge in [0.05, 0.1) is 0 Å². The zero-order valence-corrected chi connectivity index (χ0v) is 9.58. The van der Waals surface area contributed by atoms with Crippen LogP contribution in [0.5, 0.6) is 0 Å². The molecule has 0 unspecified atom stereocenters. The maximum atomic E-state index is 11.2. The molecule has 0 atom stereocenters. The number of nitrogens with one attached hydrogen (secondary N) is 1. The van der Waals surface area contributed by atoms with Gasteiger partial charge in [0.15, 0.2) is 0 Å². The third kappa shape index (κ3) is 3.47. The molecule has 0 amide bonds. The molecule has 2 N–H and O–H groups in total. The predicted molar refractivity (Wildman–Crippen MR) is 57.9 cm³/mol. The molecule has 0 saturated carbocycles. The van der Waals surface area contributed by atoms with Crippen LogP contribution in [-0.4, -0.2) is 36.4 Å². The van der Waals surface area contributed by atoms with Gasteiger partial charge >= 0.3 is 5.97 Å². The van der Waals surface area contributed by atoms with Crippen molar-refractivity contribution in [3.8, 4) is 0 Å². The van der Waals surface area contributed by atoms with Crippen LogP contribution in [0.4, 0.5) is 0 Å². The molecule has 0 bridgehead atoms. The SMILES string of the molecule is CC(C)CCNC1(C(=O)O)CCOCC1. The van der Waals surface area contributed by atoms with Gasteiger partial charge in [-0.25, -0.2) is 0 Å². The van der Waals surface area contributed by atoms with Crippen LogP contribution in [0.1, 0.15) is 33.1 Å². The Morgan fingerprint density at radius 1 is 1.47 bits per heavy atom. The Bertz CT molecular complexity index is 210. The summed E-state index contributed by atoms with van der Waals surface area (Å²) in [4.78, 5) is 11.2. The molecule has 0 aromatic carbocycles. The quantitative estimate of drug-likeness (QED) is 0.724. The first-order valence-electron chi connectivity index (χ1n) is 5.63. The van der Waals surface area contributed by atoms with Crippen molar-refractivity contribution in [3.05, 3.63) is 0 Å². The predicted octanol–water partition coefficient (Wildman–Crippen LogP) is 1.26. The minimum absolute atomic E-state index is 0.543. The van der Waals surface area contributed by atoms with Crippen molar-refractivity contribution in [3.63, 3.8) is 0 Å². The van der Waals surface area contributed by atoms with Crippen molar-refractivity contribution < 1.29 is 14.6 Å². The lowest BCUT2D eigenvalue weighted by Gasteiger charge is -2.34. The van der Waals surface area contributed by atoms with Crippen LogP contribution in [0, 0.1) is 5.92 Å². The smallest absolute Gasteiger partial charge is 0.324 e. The molecule has 0 aromatic heterocycles. The minimum Gasteiger partial charge on any atom is -0.480 e. The fourth-order valence-electron chi connectivity index (χ4n) is 1.79. The molecule has 1 aliphatic rings. The molecule has 0 radical (unpaired) electrons. The number of aliphatic carboxylic acids is 1. The largest absolute Gasteiger partial charge is 0.480 e. The molecule has 4 nitrogen and oxygen atoms in total. The Morgan fingerprint density at radius 3 is 2.53 bits per heavy atom. The van der Waals surface area contributed by atoms with Crippen LogP contribution >= 0.6 is 0 Å². The van der Waals surface area contributed by atoms with E-state index in [0.717, 1.165) is 13.0 Å². The van der Waals surface area contributed by atoms with Gasteiger partial charge in [0, 0.05) is 13.2 Å². The number of carboxylic acid groups (broad SMARTS) is 1. The molecule has 88 valence electrons. The highest BCUT2D eigenvalue weighted by Crippen LogP contribution is 2.21. The lowest BCUT2D eigenvalue weighted by Crippen LogP contribution is -2.55. The average Bonchev–Trinajstić information content (AvgIpc) is 2.18. The summed E-state index contributed by atoms with van der Waals surface area (Å²) in [5.74, 6) is -0.141. The fourth-order valence-corrected chi connectivity index (χ4v) is 1.79. The highest BCUT2D eigenvalue weighted by molar-refractivity contribution is 5.78. The second-order valence-electron chi connectivity index (χ2n) is 4.61. The van der Waals surface area contributed by atoms with Crippen molar-refractivity contribution in [2.75, 3.05) is 19.8 Å². The van der Waals surface area contributed by atoms with E-state index in [9.17, 15) is 9.90 Å². The Labute approximate surface area is 91.0 Å². The van der Waals surface area contributed by atoms with E-state index in [1.807, 2.05) is 0 Å². The number of ether oxygens (including phenoxy) is 1. The van der Waals surface area contributed by atoms with E-state index in [1.54, 1.807) is 0 Å². The molecule has 1 saturated heterocycles. The molecule has 15 heavy (non-hydrogen) atoms. The number of hydrogen-bond donors (Lipinski definition) is 2. The number of carboxylic acids is 1. The highest BCUT2D eigenvalue weighted by Gasteiger charge is 2.39. The molecule has 1 aliphatic heterocycles. The van der Waals surface area contributed by atoms with Gasteiger partial charge in [-0.2, -0.15) is 0 Å². The van der Waals surface area contributed by atoms with Gasteiger partial charge in [0.25, 0.3) is 0 Å². The van der Waals surface area contributed by atoms with Crippen LogP contribution < -0.4 is 5.32 Å². The third-order valence-electron chi connectivity index (χ3n) is 2.94. The molecular weight excluding hydrogens is 194 g/mol. The van der Waals surface area contributed by atoms with Gasteiger partial charge in [-0.05, 0) is 31.7 Å². The van der Waals surface area contributed by atoms with Crippen LogP contribution in [0.25, 0.3) is 0 Å². The summed E-state index contributed by atoms with van der Waals surface area (Å²) in [6.45, 7) is 6.13. The summed E-state index contributed by atoms with van der Waals surface area (Å²) >= 11 is 0. The zero-order chi connectivity index (χ0) is 11.3. The first-order valence-corrected chi connectivity index (χ1v) is 5.63. The zero-order valence-electron chi connectivity index (χ0n) is 9.58. The van der Waals surface area contributed by atoms with Crippen molar-refractivity contribution in [2.45, 2.75) is 38.6 Å². The van der Waals surface area contributed by atoms with E-state index in [1.165, 1.54) is 0 Å². The fraction of sp³-hybridized carbons (Fsp3) is 0.909. The van der Waals surface area contributed by atoms with Crippen molar-refractivity contribution in [1.82, 2.24) is 5.32 Å². The van der Waals surface area contributed by atoms with Gasteiger partial charge in [0.2, 0.25) is 0 Å². The van der Waals surface area contributed by atoms with Gasteiger partial charge in [-0.3, -0.25) is 4.79 Å². The summed E-state index contributed by atoms with van der Waals surface area (Å²) in [7, 11) is 0. The molecule has 0 aromatic rings. The molecule has 1 fully saturated rings. The second-order valence-corrected chi connectivity index (χ2v) is 4.61. The normalized spacial score (nSPS) is 20.5. The molecule has 0 spiro atoms. The van der Waals surface area contributed by atoms with Crippen molar-refractivity contribution in [1.29, 1.82) is 0 Å². The molecular formula is C11H21NO3. The number of rotatable bonds is 5.